The Labute approximate surface area is 308 Å². The molecule has 0 bridgehead atoms. The van der Waals surface area contributed by atoms with Gasteiger partial charge >= 0.3 is 0 Å². The topological polar surface area (TPSA) is 9.86 Å². The molecule has 0 N–H and O–H groups in total. The van der Waals surface area contributed by atoms with Gasteiger partial charge in [-0.05, 0) is 99.1 Å². The van der Waals surface area contributed by atoms with E-state index in [0.29, 0.717) is 0 Å². The molecule has 0 radical (unpaired) electrons. The van der Waals surface area contributed by atoms with Gasteiger partial charge in [-0.15, -0.1) is 0 Å². The number of hydrogen-bond donors (Lipinski definition) is 0. The van der Waals surface area contributed by atoms with E-state index >= 15 is 0 Å². The number of benzene rings is 8. The van der Waals surface area contributed by atoms with Crippen LogP contribution in [0.15, 0.2) is 182 Å². The van der Waals surface area contributed by atoms with Crippen molar-refractivity contribution in [2.45, 2.75) is 19.3 Å². The lowest BCUT2D eigenvalue weighted by atomic mass is 9.82. The van der Waals surface area contributed by atoms with Crippen molar-refractivity contribution in [1.29, 1.82) is 0 Å². The van der Waals surface area contributed by atoms with Crippen LogP contribution in [-0.4, -0.2) is 9.13 Å². The Bertz CT molecular complexity index is 3060. The van der Waals surface area contributed by atoms with Crippen molar-refractivity contribution in [2.24, 2.45) is 0 Å². The SMILES string of the molecule is CC1(C)c2ccccc2-c2ccc(-n3c4ccccc4c4cc5c(cc43)c3ccccc3n5-c3ccc(-c4cccc(-c5ccccc5)c4)cc3)cc21. The molecule has 1 aliphatic rings. The fourth-order valence-corrected chi connectivity index (χ4v) is 9.13. The number of nitrogens with zero attached hydrogens (tertiary/aromatic N) is 2. The van der Waals surface area contributed by atoms with Crippen LogP contribution < -0.4 is 0 Å². The van der Waals surface area contributed by atoms with Gasteiger partial charge in [0.2, 0.25) is 0 Å². The normalized spacial score (nSPS) is 13.2. The highest BCUT2D eigenvalue weighted by Crippen LogP contribution is 2.49. The summed E-state index contributed by atoms with van der Waals surface area (Å²) >= 11 is 0. The van der Waals surface area contributed by atoms with Gasteiger partial charge in [-0.25, -0.2) is 0 Å². The van der Waals surface area contributed by atoms with Gasteiger partial charge in [0, 0.05) is 38.3 Å². The van der Waals surface area contributed by atoms with Gasteiger partial charge in [0.15, 0.2) is 0 Å². The summed E-state index contributed by atoms with van der Waals surface area (Å²) in [6.45, 7) is 4.72. The Kier molecular flexibility index (Phi) is 6.33. The van der Waals surface area contributed by atoms with Crippen LogP contribution in [0.5, 0.6) is 0 Å². The second-order valence-corrected chi connectivity index (χ2v) is 15.0. The van der Waals surface area contributed by atoms with Crippen LogP contribution in [0.25, 0.3) is 88.4 Å². The van der Waals surface area contributed by atoms with Gasteiger partial charge in [-0.1, -0.05) is 141 Å². The van der Waals surface area contributed by atoms with Crippen molar-refractivity contribution in [3.05, 3.63) is 193 Å². The maximum atomic E-state index is 2.48. The lowest BCUT2D eigenvalue weighted by molar-refractivity contribution is 0.660. The lowest BCUT2D eigenvalue weighted by Crippen LogP contribution is -2.15. The van der Waals surface area contributed by atoms with E-state index in [1.807, 2.05) is 0 Å². The van der Waals surface area contributed by atoms with E-state index in [4.69, 9.17) is 0 Å². The number of aromatic nitrogens is 2. The second kappa shape index (κ2) is 11.2. The standard InChI is InChI=1S/C51H36N2/c1-51(2)45-20-9-6-17-39(45)40-28-27-38(30-46(40)51)53-48-22-11-8-19-42(48)44-31-49-43(32-50(44)53)41-18-7-10-21-47(41)52(49)37-25-23-34(24-26-37)36-16-12-15-35(29-36)33-13-4-3-5-14-33/h3-32H,1-2H3. The molecule has 2 heteroatoms. The Balaban J connectivity index is 1.09. The van der Waals surface area contributed by atoms with E-state index in [0.717, 1.165) is 5.69 Å². The molecule has 10 aromatic rings. The van der Waals surface area contributed by atoms with Crippen molar-refractivity contribution in [2.75, 3.05) is 0 Å². The average Bonchev–Trinajstić information content (AvgIpc) is 3.80. The molecule has 53 heavy (non-hydrogen) atoms. The Hall–Kier alpha value is -6.64. The van der Waals surface area contributed by atoms with Gasteiger partial charge in [0.1, 0.15) is 0 Å². The highest BCUT2D eigenvalue weighted by Gasteiger charge is 2.35. The monoisotopic (exact) mass is 676 g/mol. The van der Waals surface area contributed by atoms with E-state index in [1.165, 1.54) is 93.8 Å². The molecule has 11 rings (SSSR count). The maximum Gasteiger partial charge on any atom is 0.0548 e. The minimum absolute atomic E-state index is 0.0678. The predicted molar refractivity (Wildman–Crippen MR) is 224 cm³/mol. The summed E-state index contributed by atoms with van der Waals surface area (Å²) in [5.74, 6) is 0. The highest BCUT2D eigenvalue weighted by molar-refractivity contribution is 6.19. The average molecular weight is 677 g/mol. The molecule has 8 aromatic carbocycles. The number of hydrogen-bond acceptors (Lipinski definition) is 0. The quantitative estimate of drug-likeness (QED) is 0.176. The largest absolute Gasteiger partial charge is 0.309 e. The Morgan fingerprint density at radius 2 is 0.830 bits per heavy atom. The molecular weight excluding hydrogens is 641 g/mol. The van der Waals surface area contributed by atoms with Crippen molar-refractivity contribution in [3.63, 3.8) is 0 Å². The summed E-state index contributed by atoms with van der Waals surface area (Å²) in [7, 11) is 0. The fraction of sp³-hybridized carbons (Fsp3) is 0.0588. The fourth-order valence-electron chi connectivity index (χ4n) is 9.13. The first-order valence-electron chi connectivity index (χ1n) is 18.5. The van der Waals surface area contributed by atoms with Gasteiger partial charge < -0.3 is 9.13 Å². The van der Waals surface area contributed by atoms with Crippen LogP contribution in [0.2, 0.25) is 0 Å². The molecule has 2 nitrogen and oxygen atoms in total. The third-order valence-electron chi connectivity index (χ3n) is 11.7. The van der Waals surface area contributed by atoms with E-state index < -0.39 is 0 Å². The molecule has 0 spiro atoms. The van der Waals surface area contributed by atoms with E-state index in [-0.39, 0.29) is 5.41 Å². The molecule has 0 amide bonds. The molecule has 0 aliphatic heterocycles. The van der Waals surface area contributed by atoms with Crippen molar-refractivity contribution >= 4 is 43.6 Å². The van der Waals surface area contributed by atoms with Crippen molar-refractivity contribution in [1.82, 2.24) is 9.13 Å². The Morgan fingerprint density at radius 1 is 0.321 bits per heavy atom. The molecule has 0 saturated carbocycles. The minimum Gasteiger partial charge on any atom is -0.309 e. The molecule has 0 saturated heterocycles. The summed E-state index contributed by atoms with van der Waals surface area (Å²) in [5.41, 5.74) is 17.5. The van der Waals surface area contributed by atoms with Crippen LogP contribution in [0.1, 0.15) is 25.0 Å². The van der Waals surface area contributed by atoms with Gasteiger partial charge in [-0.3, -0.25) is 0 Å². The van der Waals surface area contributed by atoms with E-state index in [9.17, 15) is 0 Å². The van der Waals surface area contributed by atoms with Crippen LogP contribution >= 0.6 is 0 Å². The third-order valence-corrected chi connectivity index (χ3v) is 11.7. The van der Waals surface area contributed by atoms with Crippen molar-refractivity contribution < 1.29 is 0 Å². The lowest BCUT2D eigenvalue weighted by Gasteiger charge is -2.22. The van der Waals surface area contributed by atoms with Crippen molar-refractivity contribution in [3.8, 4) is 44.8 Å². The van der Waals surface area contributed by atoms with E-state index in [1.54, 1.807) is 0 Å². The van der Waals surface area contributed by atoms with Crippen LogP contribution in [0.3, 0.4) is 0 Å². The molecule has 2 aromatic heterocycles. The highest BCUT2D eigenvalue weighted by atomic mass is 15.0. The predicted octanol–water partition coefficient (Wildman–Crippen LogP) is 13.5. The zero-order valence-electron chi connectivity index (χ0n) is 29.7. The summed E-state index contributed by atoms with van der Waals surface area (Å²) in [6.07, 6.45) is 0. The second-order valence-electron chi connectivity index (χ2n) is 15.0. The van der Waals surface area contributed by atoms with Crippen LogP contribution in [0, 0.1) is 0 Å². The number of para-hydroxylation sites is 2. The zero-order chi connectivity index (χ0) is 35.3. The summed E-state index contributed by atoms with van der Waals surface area (Å²) < 4.78 is 4.92. The van der Waals surface area contributed by atoms with Crippen LogP contribution in [-0.2, 0) is 5.41 Å². The molecule has 0 unspecified atom stereocenters. The molecule has 2 heterocycles. The summed E-state index contributed by atoms with van der Waals surface area (Å²) in [6, 6.07) is 67.1. The Morgan fingerprint density at radius 3 is 1.51 bits per heavy atom. The van der Waals surface area contributed by atoms with E-state index in [2.05, 4.69) is 205 Å². The minimum atomic E-state index is -0.0678. The summed E-state index contributed by atoms with van der Waals surface area (Å²) in [5, 5.41) is 5.03. The van der Waals surface area contributed by atoms with Crippen LogP contribution in [0.4, 0.5) is 0 Å². The van der Waals surface area contributed by atoms with Gasteiger partial charge in [0.05, 0.1) is 22.1 Å². The first-order chi connectivity index (χ1) is 26.0. The first kappa shape index (κ1) is 30.0. The maximum absolute atomic E-state index is 2.48. The molecular formula is C51H36N2. The van der Waals surface area contributed by atoms with Gasteiger partial charge in [0.25, 0.3) is 0 Å². The number of rotatable bonds is 4. The molecule has 0 fully saturated rings. The van der Waals surface area contributed by atoms with Gasteiger partial charge in [-0.2, -0.15) is 0 Å². The molecule has 1 aliphatic carbocycles. The zero-order valence-corrected chi connectivity index (χ0v) is 29.7. The smallest absolute Gasteiger partial charge is 0.0548 e. The molecule has 250 valence electrons. The summed E-state index contributed by atoms with van der Waals surface area (Å²) in [4.78, 5) is 0. The third kappa shape index (κ3) is 4.39. The first-order valence-corrected chi connectivity index (χ1v) is 18.5. The number of fused-ring (bicyclic) bond motifs is 9. The molecule has 0 atom stereocenters.